The number of nitrogens with zero attached hydrogens (tertiary/aromatic N) is 3. The summed E-state index contributed by atoms with van der Waals surface area (Å²) in [5.41, 5.74) is 2.06. The van der Waals surface area contributed by atoms with Gasteiger partial charge in [-0.3, -0.25) is 4.79 Å². The molecular weight excluding hydrogens is 610 g/mol. The molecule has 1 atom stereocenters. The summed E-state index contributed by atoms with van der Waals surface area (Å²) >= 11 is 13.4. The van der Waals surface area contributed by atoms with Gasteiger partial charge in [0.2, 0.25) is 0 Å². The Morgan fingerprint density at radius 2 is 1.83 bits per heavy atom. The lowest BCUT2D eigenvalue weighted by molar-refractivity contribution is 0.284. The van der Waals surface area contributed by atoms with Crippen LogP contribution in [-0.4, -0.2) is 23.0 Å². The van der Waals surface area contributed by atoms with Gasteiger partial charge in [0.25, 0.3) is 5.56 Å². The van der Waals surface area contributed by atoms with Crippen molar-refractivity contribution in [2.75, 3.05) is 7.11 Å². The van der Waals surface area contributed by atoms with E-state index >= 15 is 0 Å². The van der Waals surface area contributed by atoms with Crippen LogP contribution in [0, 0.1) is 0 Å². The molecule has 6 nitrogen and oxygen atoms in total. The molecular formula is C27H24Br2ClN3O3. The maximum absolute atomic E-state index is 13.3. The molecule has 0 N–H and O–H groups in total. The van der Waals surface area contributed by atoms with E-state index in [-0.39, 0.29) is 11.5 Å². The highest BCUT2D eigenvalue weighted by atomic mass is 79.9. The smallest absolute Gasteiger partial charge is 0.282 e. The lowest BCUT2D eigenvalue weighted by Gasteiger charge is -2.15. The Balaban J connectivity index is 1.69. The van der Waals surface area contributed by atoms with Crippen LogP contribution < -0.4 is 15.0 Å². The number of rotatable bonds is 8. The van der Waals surface area contributed by atoms with E-state index in [1.54, 1.807) is 31.5 Å². The highest BCUT2D eigenvalue weighted by Crippen LogP contribution is 2.36. The third-order valence-electron chi connectivity index (χ3n) is 5.76. The van der Waals surface area contributed by atoms with Crippen LogP contribution in [-0.2, 0) is 6.61 Å². The molecule has 0 aliphatic heterocycles. The second kappa shape index (κ2) is 11.6. The van der Waals surface area contributed by atoms with Crippen LogP contribution >= 0.6 is 43.5 Å². The fourth-order valence-electron chi connectivity index (χ4n) is 3.59. The molecule has 0 aliphatic rings. The number of fused-ring (bicyclic) bond motifs is 1. The first-order chi connectivity index (χ1) is 17.3. The predicted molar refractivity (Wildman–Crippen MR) is 152 cm³/mol. The molecule has 1 heterocycles. The minimum atomic E-state index is -0.236. The minimum Gasteiger partial charge on any atom is -0.493 e. The quantitative estimate of drug-likeness (QED) is 0.188. The van der Waals surface area contributed by atoms with E-state index in [0.717, 1.165) is 20.9 Å². The van der Waals surface area contributed by atoms with Gasteiger partial charge in [-0.2, -0.15) is 9.78 Å². The van der Waals surface area contributed by atoms with Crippen LogP contribution in [0.25, 0.3) is 10.9 Å². The lowest BCUT2D eigenvalue weighted by atomic mass is 10.1. The zero-order valence-electron chi connectivity index (χ0n) is 20.0. The number of ether oxygens (including phenoxy) is 2. The van der Waals surface area contributed by atoms with E-state index in [1.807, 2.05) is 50.2 Å². The second-order valence-electron chi connectivity index (χ2n) is 8.25. The average Bonchev–Trinajstić information content (AvgIpc) is 2.87. The third kappa shape index (κ3) is 5.82. The minimum absolute atomic E-state index is 0.0374. The normalized spacial score (nSPS) is 12.3. The molecule has 0 spiro atoms. The number of hydrogen-bond donors (Lipinski definition) is 0. The molecule has 36 heavy (non-hydrogen) atoms. The standard InChI is InChI=1S/C27H24Br2ClN3O3/c1-4-16(2)26-32-23-10-9-20(29)13-21(23)27(34)33(26)31-14-18-11-22(30)25(24(12-18)35-3)36-15-17-5-7-19(28)8-6-17/h5-14,16H,4,15H2,1-3H3/t16-/m1/s1. The molecule has 0 aliphatic carbocycles. The second-order valence-corrected chi connectivity index (χ2v) is 10.5. The predicted octanol–water partition coefficient (Wildman–Crippen LogP) is 7.56. The molecule has 0 saturated carbocycles. The van der Waals surface area contributed by atoms with Gasteiger partial charge in [-0.05, 0) is 60.0 Å². The Bertz CT molecular complexity index is 1490. The summed E-state index contributed by atoms with van der Waals surface area (Å²) in [5, 5.41) is 5.38. The number of halogens is 3. The Labute approximate surface area is 231 Å². The fraction of sp³-hybridized carbons (Fsp3) is 0.222. The van der Waals surface area contributed by atoms with Crippen molar-refractivity contribution in [3.8, 4) is 11.5 Å². The fourth-order valence-corrected chi connectivity index (χ4v) is 4.49. The molecule has 0 unspecified atom stereocenters. The zero-order chi connectivity index (χ0) is 25.8. The van der Waals surface area contributed by atoms with E-state index in [2.05, 4.69) is 37.0 Å². The molecule has 4 rings (SSSR count). The number of benzene rings is 3. The molecule has 3 aromatic carbocycles. The molecule has 0 amide bonds. The highest BCUT2D eigenvalue weighted by molar-refractivity contribution is 9.10. The average molecular weight is 634 g/mol. The van der Waals surface area contributed by atoms with Crippen LogP contribution in [0.1, 0.15) is 43.1 Å². The first-order valence-electron chi connectivity index (χ1n) is 11.3. The summed E-state index contributed by atoms with van der Waals surface area (Å²) < 4.78 is 14.7. The van der Waals surface area contributed by atoms with Crippen molar-refractivity contribution in [2.24, 2.45) is 5.10 Å². The van der Waals surface area contributed by atoms with E-state index < -0.39 is 0 Å². The molecule has 186 valence electrons. The first kappa shape index (κ1) is 26.4. The van der Waals surface area contributed by atoms with Gasteiger partial charge in [0.1, 0.15) is 12.4 Å². The summed E-state index contributed by atoms with van der Waals surface area (Å²) in [6.45, 7) is 4.41. The van der Waals surface area contributed by atoms with Gasteiger partial charge in [0.15, 0.2) is 11.5 Å². The summed E-state index contributed by atoms with van der Waals surface area (Å²) in [4.78, 5) is 18.1. The zero-order valence-corrected chi connectivity index (χ0v) is 23.9. The van der Waals surface area contributed by atoms with Crippen LogP contribution in [0.15, 0.2) is 73.4 Å². The molecule has 1 aromatic heterocycles. The largest absolute Gasteiger partial charge is 0.493 e. The molecule has 0 fully saturated rings. The van der Waals surface area contributed by atoms with Crippen LogP contribution in [0.5, 0.6) is 11.5 Å². The summed E-state index contributed by atoms with van der Waals surface area (Å²) in [7, 11) is 1.55. The Hall–Kier alpha value is -2.68. The van der Waals surface area contributed by atoms with Crippen molar-refractivity contribution in [1.82, 2.24) is 9.66 Å². The van der Waals surface area contributed by atoms with E-state index in [4.69, 9.17) is 26.1 Å². The van der Waals surface area contributed by atoms with Crippen LogP contribution in [0.3, 0.4) is 0 Å². The summed E-state index contributed by atoms with van der Waals surface area (Å²) in [5.74, 6) is 1.54. The van der Waals surface area contributed by atoms with Crippen molar-refractivity contribution in [3.05, 3.63) is 95.9 Å². The Morgan fingerprint density at radius 1 is 1.11 bits per heavy atom. The van der Waals surface area contributed by atoms with Crippen LogP contribution in [0.2, 0.25) is 5.02 Å². The number of hydrogen-bond acceptors (Lipinski definition) is 5. The van der Waals surface area contributed by atoms with Gasteiger partial charge in [-0.25, -0.2) is 4.98 Å². The van der Waals surface area contributed by atoms with Crippen molar-refractivity contribution < 1.29 is 9.47 Å². The SMILES string of the molecule is CC[C@@H](C)c1nc2ccc(Br)cc2c(=O)n1N=Cc1cc(Cl)c(OCc2ccc(Br)cc2)c(OC)c1. The van der Waals surface area contributed by atoms with Gasteiger partial charge < -0.3 is 9.47 Å². The Kier molecular flexibility index (Phi) is 8.49. The Morgan fingerprint density at radius 3 is 2.53 bits per heavy atom. The van der Waals surface area contributed by atoms with Gasteiger partial charge >= 0.3 is 0 Å². The van der Waals surface area contributed by atoms with Crippen molar-refractivity contribution in [1.29, 1.82) is 0 Å². The maximum Gasteiger partial charge on any atom is 0.282 e. The molecule has 4 aromatic rings. The summed E-state index contributed by atoms with van der Waals surface area (Å²) in [6, 6.07) is 16.8. The van der Waals surface area contributed by atoms with E-state index in [0.29, 0.717) is 45.4 Å². The maximum atomic E-state index is 13.3. The van der Waals surface area contributed by atoms with Crippen molar-refractivity contribution in [2.45, 2.75) is 32.8 Å². The monoisotopic (exact) mass is 631 g/mol. The van der Waals surface area contributed by atoms with Crippen molar-refractivity contribution >= 4 is 60.6 Å². The van der Waals surface area contributed by atoms with Gasteiger partial charge in [-0.15, -0.1) is 0 Å². The summed E-state index contributed by atoms with van der Waals surface area (Å²) in [6.07, 6.45) is 2.39. The van der Waals surface area contributed by atoms with Gasteiger partial charge in [0.05, 0.1) is 29.2 Å². The van der Waals surface area contributed by atoms with Crippen LogP contribution in [0.4, 0.5) is 0 Å². The van der Waals surface area contributed by atoms with E-state index in [1.165, 1.54) is 4.68 Å². The molecule has 0 bridgehead atoms. The first-order valence-corrected chi connectivity index (χ1v) is 13.3. The lowest BCUT2D eigenvalue weighted by Crippen LogP contribution is -2.23. The topological polar surface area (TPSA) is 65.7 Å². The molecule has 9 heteroatoms. The number of aromatic nitrogens is 2. The molecule has 0 radical (unpaired) electrons. The third-order valence-corrected chi connectivity index (χ3v) is 7.06. The molecule has 0 saturated heterocycles. The number of methoxy groups -OCH3 is 1. The van der Waals surface area contributed by atoms with Crippen molar-refractivity contribution in [3.63, 3.8) is 0 Å². The highest BCUT2D eigenvalue weighted by Gasteiger charge is 2.16. The van der Waals surface area contributed by atoms with E-state index in [9.17, 15) is 4.79 Å². The van der Waals surface area contributed by atoms with Gasteiger partial charge in [0, 0.05) is 14.9 Å². The van der Waals surface area contributed by atoms with Gasteiger partial charge in [-0.1, -0.05) is 69.4 Å².